The highest BCUT2D eigenvalue weighted by Gasteiger charge is 2.22. The van der Waals surface area contributed by atoms with Gasteiger partial charge in [-0.25, -0.2) is 0 Å². The van der Waals surface area contributed by atoms with E-state index in [4.69, 9.17) is 9.47 Å². The van der Waals surface area contributed by atoms with Crippen LogP contribution in [0.2, 0.25) is 0 Å². The largest absolute Gasteiger partial charge is 0.486 e. The average molecular weight is 290 g/mol. The Morgan fingerprint density at radius 2 is 2.05 bits per heavy atom. The highest BCUT2D eigenvalue weighted by molar-refractivity contribution is 5.43. The number of nitrogens with zero attached hydrogens (tertiary/aromatic N) is 1. The highest BCUT2D eigenvalue weighted by Crippen LogP contribution is 2.32. The van der Waals surface area contributed by atoms with Gasteiger partial charge in [-0.2, -0.15) is 0 Å². The van der Waals surface area contributed by atoms with E-state index in [0.717, 1.165) is 24.6 Å². The molecule has 0 spiro atoms. The van der Waals surface area contributed by atoms with Gasteiger partial charge in [0.1, 0.15) is 13.2 Å². The average Bonchev–Trinajstić information content (AvgIpc) is 2.54. The van der Waals surface area contributed by atoms with Crippen LogP contribution in [-0.2, 0) is 6.54 Å². The Kier molecular flexibility index (Phi) is 4.99. The van der Waals surface area contributed by atoms with Gasteiger partial charge in [-0.05, 0) is 57.1 Å². The Hall–Kier alpha value is -1.26. The molecule has 0 bridgehead atoms. The topological polar surface area (TPSA) is 33.7 Å². The summed E-state index contributed by atoms with van der Waals surface area (Å²) in [6, 6.07) is 7.09. The van der Waals surface area contributed by atoms with E-state index in [1.165, 1.54) is 37.8 Å². The first kappa shape index (κ1) is 14.7. The van der Waals surface area contributed by atoms with Gasteiger partial charge in [0.2, 0.25) is 0 Å². The van der Waals surface area contributed by atoms with Crippen LogP contribution in [0.15, 0.2) is 18.2 Å². The standard InChI is InChI=1S/C17H26N2O2/c1-18-8-7-15-4-2-3-9-19(15)13-14-5-6-16-17(12-14)21-11-10-20-16/h5-6,12,15,18H,2-4,7-11,13H2,1H3. The minimum absolute atomic E-state index is 0.657. The number of rotatable bonds is 5. The summed E-state index contributed by atoms with van der Waals surface area (Å²) in [5.41, 5.74) is 1.33. The molecule has 1 atom stereocenters. The predicted octanol–water partition coefficient (Wildman–Crippen LogP) is 2.42. The van der Waals surface area contributed by atoms with Gasteiger partial charge in [0.05, 0.1) is 0 Å². The molecular formula is C17H26N2O2. The number of hydrogen-bond acceptors (Lipinski definition) is 4. The Bertz CT molecular complexity index is 464. The van der Waals surface area contributed by atoms with Gasteiger partial charge >= 0.3 is 0 Å². The molecule has 116 valence electrons. The van der Waals surface area contributed by atoms with Crippen molar-refractivity contribution < 1.29 is 9.47 Å². The quantitative estimate of drug-likeness (QED) is 0.903. The van der Waals surface area contributed by atoms with E-state index in [1.807, 2.05) is 7.05 Å². The zero-order valence-electron chi connectivity index (χ0n) is 12.9. The normalized spacial score (nSPS) is 22.2. The van der Waals surface area contributed by atoms with Crippen molar-refractivity contribution in [2.45, 2.75) is 38.3 Å². The van der Waals surface area contributed by atoms with E-state index < -0.39 is 0 Å². The summed E-state index contributed by atoms with van der Waals surface area (Å²) in [4.78, 5) is 2.63. The van der Waals surface area contributed by atoms with E-state index >= 15 is 0 Å². The second-order valence-corrected chi connectivity index (χ2v) is 5.99. The predicted molar refractivity (Wildman–Crippen MR) is 84.0 cm³/mol. The lowest BCUT2D eigenvalue weighted by Crippen LogP contribution is -2.40. The summed E-state index contributed by atoms with van der Waals surface area (Å²) in [5, 5.41) is 3.28. The second-order valence-electron chi connectivity index (χ2n) is 5.99. The third-order valence-corrected chi connectivity index (χ3v) is 4.47. The molecule has 1 aromatic rings. The summed E-state index contributed by atoms with van der Waals surface area (Å²) >= 11 is 0. The Morgan fingerprint density at radius 3 is 2.90 bits per heavy atom. The molecule has 1 unspecified atom stereocenters. The lowest BCUT2D eigenvalue weighted by Gasteiger charge is -2.36. The molecule has 21 heavy (non-hydrogen) atoms. The van der Waals surface area contributed by atoms with E-state index in [2.05, 4.69) is 28.4 Å². The van der Waals surface area contributed by atoms with Gasteiger partial charge in [0.15, 0.2) is 11.5 Å². The van der Waals surface area contributed by atoms with Crippen molar-refractivity contribution in [1.29, 1.82) is 0 Å². The molecule has 4 nitrogen and oxygen atoms in total. The zero-order chi connectivity index (χ0) is 14.5. The number of nitrogens with one attached hydrogen (secondary N) is 1. The van der Waals surface area contributed by atoms with Crippen LogP contribution in [0.1, 0.15) is 31.2 Å². The third kappa shape index (κ3) is 3.69. The second kappa shape index (κ2) is 7.14. The maximum atomic E-state index is 5.69. The van der Waals surface area contributed by atoms with Crippen molar-refractivity contribution >= 4 is 0 Å². The van der Waals surface area contributed by atoms with Crippen molar-refractivity contribution in [2.24, 2.45) is 0 Å². The molecule has 0 aromatic heterocycles. The molecule has 4 heteroatoms. The number of likely N-dealkylation sites (tertiary alicyclic amines) is 1. The minimum atomic E-state index is 0.657. The number of fused-ring (bicyclic) bond motifs is 1. The number of ether oxygens (including phenoxy) is 2. The summed E-state index contributed by atoms with van der Waals surface area (Å²) in [7, 11) is 2.04. The lowest BCUT2D eigenvalue weighted by atomic mass is 9.98. The van der Waals surface area contributed by atoms with Gasteiger partial charge in [-0.15, -0.1) is 0 Å². The van der Waals surface area contributed by atoms with Gasteiger partial charge in [0.25, 0.3) is 0 Å². The summed E-state index contributed by atoms with van der Waals surface area (Å²) in [5.74, 6) is 1.79. The molecule has 2 heterocycles. The maximum absolute atomic E-state index is 5.69. The summed E-state index contributed by atoms with van der Waals surface area (Å²) in [6.07, 6.45) is 5.25. The fourth-order valence-corrected chi connectivity index (χ4v) is 3.33. The molecule has 2 aliphatic rings. The van der Waals surface area contributed by atoms with Crippen LogP contribution in [0.3, 0.4) is 0 Å². The molecule has 1 aromatic carbocycles. The van der Waals surface area contributed by atoms with Crippen LogP contribution < -0.4 is 14.8 Å². The van der Waals surface area contributed by atoms with E-state index in [1.54, 1.807) is 0 Å². The minimum Gasteiger partial charge on any atom is -0.486 e. The van der Waals surface area contributed by atoms with Gasteiger partial charge in [-0.3, -0.25) is 4.90 Å². The van der Waals surface area contributed by atoms with Crippen LogP contribution in [0.4, 0.5) is 0 Å². The van der Waals surface area contributed by atoms with Crippen molar-refractivity contribution in [3.05, 3.63) is 23.8 Å². The lowest BCUT2D eigenvalue weighted by molar-refractivity contribution is 0.131. The van der Waals surface area contributed by atoms with Crippen LogP contribution >= 0.6 is 0 Å². The monoisotopic (exact) mass is 290 g/mol. The summed E-state index contributed by atoms with van der Waals surface area (Å²) in [6.45, 7) is 4.64. The van der Waals surface area contributed by atoms with Gasteiger partial charge in [-0.1, -0.05) is 12.5 Å². The number of benzene rings is 1. The first-order chi connectivity index (χ1) is 10.4. The fourth-order valence-electron chi connectivity index (χ4n) is 3.33. The van der Waals surface area contributed by atoms with E-state index in [9.17, 15) is 0 Å². The van der Waals surface area contributed by atoms with E-state index in [0.29, 0.717) is 19.3 Å². The first-order valence-electron chi connectivity index (χ1n) is 8.14. The Morgan fingerprint density at radius 1 is 1.19 bits per heavy atom. The van der Waals surface area contributed by atoms with Crippen LogP contribution in [-0.4, -0.2) is 44.3 Å². The third-order valence-electron chi connectivity index (χ3n) is 4.47. The Balaban J connectivity index is 1.66. The van der Waals surface area contributed by atoms with Crippen molar-refractivity contribution in [2.75, 3.05) is 33.4 Å². The SMILES string of the molecule is CNCCC1CCCCN1Cc1ccc2c(c1)OCCO2. The van der Waals surface area contributed by atoms with Crippen LogP contribution in [0.25, 0.3) is 0 Å². The number of hydrogen-bond donors (Lipinski definition) is 1. The molecule has 3 rings (SSSR count). The smallest absolute Gasteiger partial charge is 0.161 e. The molecule has 0 aliphatic carbocycles. The van der Waals surface area contributed by atoms with Crippen molar-refractivity contribution in [3.8, 4) is 11.5 Å². The molecule has 0 saturated carbocycles. The Labute approximate surface area is 127 Å². The summed E-state index contributed by atoms with van der Waals surface area (Å²) < 4.78 is 11.3. The van der Waals surface area contributed by atoms with E-state index in [-0.39, 0.29) is 0 Å². The van der Waals surface area contributed by atoms with Crippen LogP contribution in [0, 0.1) is 0 Å². The molecule has 0 radical (unpaired) electrons. The van der Waals surface area contributed by atoms with Crippen molar-refractivity contribution in [1.82, 2.24) is 10.2 Å². The highest BCUT2D eigenvalue weighted by atomic mass is 16.6. The molecule has 1 N–H and O–H groups in total. The van der Waals surface area contributed by atoms with Gasteiger partial charge in [0, 0.05) is 12.6 Å². The maximum Gasteiger partial charge on any atom is 0.161 e. The molecular weight excluding hydrogens is 264 g/mol. The fraction of sp³-hybridized carbons (Fsp3) is 0.647. The molecule has 0 amide bonds. The van der Waals surface area contributed by atoms with Gasteiger partial charge < -0.3 is 14.8 Å². The molecule has 1 saturated heterocycles. The molecule has 2 aliphatic heterocycles. The first-order valence-corrected chi connectivity index (χ1v) is 8.14. The van der Waals surface area contributed by atoms with Crippen LogP contribution in [0.5, 0.6) is 11.5 Å². The molecule has 1 fully saturated rings. The zero-order valence-corrected chi connectivity index (χ0v) is 12.9. The van der Waals surface area contributed by atoms with Crippen molar-refractivity contribution in [3.63, 3.8) is 0 Å². The number of piperidine rings is 1.